The molecule has 1 unspecified atom stereocenters. The van der Waals surface area contributed by atoms with Crippen molar-refractivity contribution >= 4 is 18.0 Å². The average Bonchev–Trinajstić information content (AvgIpc) is 3.11. The van der Waals surface area contributed by atoms with E-state index in [1.54, 1.807) is 0 Å². The van der Waals surface area contributed by atoms with Gasteiger partial charge in [-0.05, 0) is 40.0 Å². The molecule has 2 aromatic rings. The molecule has 0 bridgehead atoms. The number of benzene rings is 2. The number of fused-ring (bicyclic) bond motifs is 3. The maximum Gasteiger partial charge on any atom is 0.407 e. The molecule has 0 heterocycles. The lowest BCUT2D eigenvalue weighted by Gasteiger charge is -2.30. The summed E-state index contributed by atoms with van der Waals surface area (Å²) in [6.45, 7) is 8.00. The molecular weight excluding hydrogens is 432 g/mol. The van der Waals surface area contributed by atoms with Crippen LogP contribution >= 0.6 is 0 Å². The van der Waals surface area contributed by atoms with Gasteiger partial charge in [0.05, 0.1) is 0 Å². The molecule has 182 valence electrons. The highest BCUT2D eigenvalue weighted by Crippen LogP contribution is 2.44. The van der Waals surface area contributed by atoms with Gasteiger partial charge in [-0.15, -0.1) is 0 Å². The molecule has 0 radical (unpaired) electrons. The van der Waals surface area contributed by atoms with Gasteiger partial charge in [0, 0.05) is 18.9 Å². The highest BCUT2D eigenvalue weighted by atomic mass is 16.5. The van der Waals surface area contributed by atoms with Crippen LogP contribution in [0.4, 0.5) is 4.79 Å². The molecule has 0 saturated heterocycles. The number of alkyl carbamates (subject to hydrolysis) is 1. The summed E-state index contributed by atoms with van der Waals surface area (Å²) in [5.74, 6) is -1.23. The van der Waals surface area contributed by atoms with Crippen LogP contribution in [0.5, 0.6) is 0 Å². The van der Waals surface area contributed by atoms with Crippen molar-refractivity contribution in [2.75, 3.05) is 13.2 Å². The normalized spacial score (nSPS) is 14.5. The van der Waals surface area contributed by atoms with Crippen molar-refractivity contribution in [2.24, 2.45) is 11.3 Å². The lowest BCUT2D eigenvalue weighted by atomic mass is 9.86. The molecule has 0 aromatic heterocycles. The van der Waals surface area contributed by atoms with Crippen molar-refractivity contribution in [3.63, 3.8) is 0 Å². The summed E-state index contributed by atoms with van der Waals surface area (Å²) in [7, 11) is 0. The van der Waals surface area contributed by atoms with Gasteiger partial charge >= 0.3 is 12.1 Å². The van der Waals surface area contributed by atoms with Gasteiger partial charge in [0.25, 0.3) is 0 Å². The number of amides is 2. The Bertz CT molecular complexity index is 998. The summed E-state index contributed by atoms with van der Waals surface area (Å²) in [5, 5.41) is 14.4. The Hall–Kier alpha value is -3.35. The molecule has 7 nitrogen and oxygen atoms in total. The van der Waals surface area contributed by atoms with E-state index in [2.05, 4.69) is 34.9 Å². The van der Waals surface area contributed by atoms with Crippen molar-refractivity contribution in [3.05, 3.63) is 59.7 Å². The smallest absolute Gasteiger partial charge is 0.407 e. The van der Waals surface area contributed by atoms with Crippen LogP contribution in [-0.2, 0) is 14.3 Å². The Labute approximate surface area is 200 Å². The van der Waals surface area contributed by atoms with Crippen LogP contribution in [0.2, 0.25) is 0 Å². The fourth-order valence-corrected chi connectivity index (χ4v) is 4.28. The first-order valence-corrected chi connectivity index (χ1v) is 11.7. The number of hydrogen-bond donors (Lipinski definition) is 3. The average molecular weight is 467 g/mol. The van der Waals surface area contributed by atoms with Crippen molar-refractivity contribution < 1.29 is 24.2 Å². The number of ether oxygens (including phenoxy) is 1. The number of carboxylic acid groups (broad SMARTS) is 1. The minimum absolute atomic E-state index is 0.00937. The largest absolute Gasteiger partial charge is 0.481 e. The van der Waals surface area contributed by atoms with Crippen LogP contribution in [0.1, 0.15) is 57.6 Å². The van der Waals surface area contributed by atoms with Crippen molar-refractivity contribution in [3.8, 4) is 11.1 Å². The minimum Gasteiger partial charge on any atom is -0.481 e. The third-order valence-corrected chi connectivity index (χ3v) is 6.21. The summed E-state index contributed by atoms with van der Waals surface area (Å²) < 4.78 is 5.61. The number of hydrogen-bond acceptors (Lipinski definition) is 4. The molecule has 0 aliphatic heterocycles. The highest BCUT2D eigenvalue weighted by Gasteiger charge is 2.34. The Kier molecular flexibility index (Phi) is 7.97. The van der Waals surface area contributed by atoms with E-state index in [9.17, 15) is 14.4 Å². The van der Waals surface area contributed by atoms with Crippen LogP contribution in [0.3, 0.4) is 0 Å². The SMILES string of the molecule is CC(CCC(=O)O)CNC(=O)[C@H](NC(=O)OCC1c2ccccc2-c2ccccc21)C(C)(C)C. The summed E-state index contributed by atoms with van der Waals surface area (Å²) in [6.07, 6.45) is -0.122. The third-order valence-electron chi connectivity index (χ3n) is 6.21. The molecule has 7 heteroatoms. The summed E-state index contributed by atoms with van der Waals surface area (Å²) in [6, 6.07) is 15.4. The molecule has 3 rings (SSSR count). The maximum atomic E-state index is 12.9. The molecule has 1 aliphatic rings. The predicted octanol–water partition coefficient (Wildman–Crippen LogP) is 4.56. The second-order valence-electron chi connectivity index (χ2n) is 10.1. The summed E-state index contributed by atoms with van der Waals surface area (Å²) in [5.41, 5.74) is 4.00. The lowest BCUT2D eigenvalue weighted by Crippen LogP contribution is -2.54. The Morgan fingerprint density at radius 3 is 2.09 bits per heavy atom. The van der Waals surface area contributed by atoms with Crippen LogP contribution in [-0.4, -0.2) is 42.3 Å². The first-order chi connectivity index (χ1) is 16.1. The van der Waals surface area contributed by atoms with Gasteiger partial charge in [0.2, 0.25) is 5.91 Å². The van der Waals surface area contributed by atoms with E-state index in [-0.39, 0.29) is 30.8 Å². The van der Waals surface area contributed by atoms with Crippen molar-refractivity contribution in [2.45, 2.75) is 52.5 Å². The molecule has 2 amide bonds. The zero-order valence-corrected chi connectivity index (χ0v) is 20.3. The van der Waals surface area contributed by atoms with E-state index in [1.165, 1.54) is 0 Å². The van der Waals surface area contributed by atoms with E-state index < -0.39 is 23.5 Å². The molecule has 3 N–H and O–H groups in total. The number of aliphatic carboxylic acids is 1. The Morgan fingerprint density at radius 1 is 1.00 bits per heavy atom. The van der Waals surface area contributed by atoms with Gasteiger partial charge in [-0.25, -0.2) is 4.79 Å². The predicted molar refractivity (Wildman–Crippen MR) is 130 cm³/mol. The van der Waals surface area contributed by atoms with E-state index >= 15 is 0 Å². The molecule has 0 saturated carbocycles. The van der Waals surface area contributed by atoms with Gasteiger partial charge < -0.3 is 20.5 Å². The van der Waals surface area contributed by atoms with E-state index in [0.717, 1.165) is 22.3 Å². The van der Waals surface area contributed by atoms with Gasteiger partial charge in [-0.3, -0.25) is 9.59 Å². The molecule has 34 heavy (non-hydrogen) atoms. The lowest BCUT2D eigenvalue weighted by molar-refractivity contribution is -0.137. The fraction of sp³-hybridized carbons (Fsp3) is 0.444. The van der Waals surface area contributed by atoms with Gasteiger partial charge in [-0.2, -0.15) is 0 Å². The van der Waals surface area contributed by atoms with Crippen LogP contribution in [0, 0.1) is 11.3 Å². The van der Waals surface area contributed by atoms with Gasteiger partial charge in [0.15, 0.2) is 0 Å². The van der Waals surface area contributed by atoms with E-state index in [1.807, 2.05) is 52.0 Å². The second-order valence-corrected chi connectivity index (χ2v) is 10.1. The highest BCUT2D eigenvalue weighted by molar-refractivity contribution is 5.86. The quantitative estimate of drug-likeness (QED) is 0.503. The fourth-order valence-electron chi connectivity index (χ4n) is 4.28. The molecular formula is C27H34N2O5. The summed E-state index contributed by atoms with van der Waals surface area (Å²) >= 11 is 0. The third kappa shape index (κ3) is 6.16. The zero-order chi connectivity index (χ0) is 24.9. The van der Waals surface area contributed by atoms with E-state index in [0.29, 0.717) is 13.0 Å². The van der Waals surface area contributed by atoms with Crippen molar-refractivity contribution in [1.82, 2.24) is 10.6 Å². The van der Waals surface area contributed by atoms with Crippen LogP contribution in [0.15, 0.2) is 48.5 Å². The standard InChI is InChI=1S/C27H34N2O5/c1-17(13-14-23(30)31)15-28-25(32)24(27(2,3)4)29-26(33)34-16-22-20-11-7-5-9-18(20)19-10-6-8-12-21(19)22/h5-12,17,22,24H,13-16H2,1-4H3,(H,28,32)(H,29,33)(H,30,31)/t17?,24-/m0/s1. The van der Waals surface area contributed by atoms with Gasteiger partial charge in [0.1, 0.15) is 12.6 Å². The number of rotatable bonds is 9. The first kappa shape index (κ1) is 25.3. The molecule has 2 aromatic carbocycles. The number of carbonyl (C=O) groups is 3. The van der Waals surface area contributed by atoms with E-state index in [4.69, 9.17) is 9.84 Å². The Morgan fingerprint density at radius 2 is 1.56 bits per heavy atom. The first-order valence-electron chi connectivity index (χ1n) is 11.7. The molecule has 0 fully saturated rings. The zero-order valence-electron chi connectivity index (χ0n) is 20.3. The maximum absolute atomic E-state index is 12.9. The number of carbonyl (C=O) groups excluding carboxylic acids is 2. The summed E-state index contributed by atoms with van der Waals surface area (Å²) in [4.78, 5) is 36.3. The number of carboxylic acids is 1. The van der Waals surface area contributed by atoms with Crippen LogP contribution in [0.25, 0.3) is 11.1 Å². The number of nitrogens with one attached hydrogen (secondary N) is 2. The minimum atomic E-state index is -0.859. The topological polar surface area (TPSA) is 105 Å². The molecule has 2 atom stereocenters. The monoisotopic (exact) mass is 466 g/mol. The second kappa shape index (κ2) is 10.7. The van der Waals surface area contributed by atoms with Gasteiger partial charge in [-0.1, -0.05) is 76.2 Å². The molecule has 1 aliphatic carbocycles. The van der Waals surface area contributed by atoms with Crippen molar-refractivity contribution in [1.29, 1.82) is 0 Å². The Balaban J connectivity index is 1.60. The van der Waals surface area contributed by atoms with Crippen LogP contribution < -0.4 is 10.6 Å². The molecule has 0 spiro atoms.